The van der Waals surface area contributed by atoms with Gasteiger partial charge >= 0.3 is 0 Å². The lowest BCUT2D eigenvalue weighted by atomic mass is 9.93. The van der Waals surface area contributed by atoms with Crippen LogP contribution >= 0.6 is 0 Å². The van der Waals surface area contributed by atoms with Crippen molar-refractivity contribution in [3.63, 3.8) is 0 Å². The van der Waals surface area contributed by atoms with E-state index in [-0.39, 0.29) is 0 Å². The van der Waals surface area contributed by atoms with Crippen LogP contribution in [0.1, 0.15) is 31.2 Å². The van der Waals surface area contributed by atoms with Gasteiger partial charge in [0.1, 0.15) is 0 Å². The predicted molar refractivity (Wildman–Crippen MR) is 46.6 cm³/mol. The molecule has 1 heterocycles. The first-order chi connectivity index (χ1) is 5.81. The average molecular weight is 163 g/mol. The van der Waals surface area contributed by atoms with Gasteiger partial charge in [0.05, 0.1) is 5.60 Å². The molecule has 2 nitrogen and oxygen atoms in total. The Bertz CT molecular complexity index is 252. The first kappa shape index (κ1) is 7.74. The van der Waals surface area contributed by atoms with E-state index in [2.05, 4.69) is 4.98 Å². The van der Waals surface area contributed by atoms with Gasteiger partial charge in [-0.3, -0.25) is 4.98 Å². The molecule has 1 aliphatic rings. The largest absolute Gasteiger partial charge is 0.385 e. The summed E-state index contributed by atoms with van der Waals surface area (Å²) >= 11 is 0. The number of aromatic nitrogens is 1. The number of aliphatic hydroxyl groups is 1. The second-order valence-corrected chi connectivity index (χ2v) is 3.47. The summed E-state index contributed by atoms with van der Waals surface area (Å²) in [5.74, 6) is 0. The Morgan fingerprint density at radius 1 is 1.17 bits per heavy atom. The summed E-state index contributed by atoms with van der Waals surface area (Å²) in [4.78, 5) is 3.94. The van der Waals surface area contributed by atoms with Crippen LogP contribution in [0.5, 0.6) is 0 Å². The summed E-state index contributed by atoms with van der Waals surface area (Å²) in [6.07, 6.45) is 7.56. The predicted octanol–water partition coefficient (Wildman–Crippen LogP) is 1.84. The zero-order chi connectivity index (χ0) is 8.44. The van der Waals surface area contributed by atoms with E-state index >= 15 is 0 Å². The zero-order valence-corrected chi connectivity index (χ0v) is 7.03. The van der Waals surface area contributed by atoms with Crippen molar-refractivity contribution in [2.45, 2.75) is 31.3 Å². The molecule has 1 aromatic rings. The van der Waals surface area contributed by atoms with Gasteiger partial charge in [0.25, 0.3) is 0 Å². The second-order valence-electron chi connectivity index (χ2n) is 3.47. The first-order valence-corrected chi connectivity index (χ1v) is 4.44. The third-order valence-electron chi connectivity index (χ3n) is 2.65. The van der Waals surface area contributed by atoms with Crippen molar-refractivity contribution < 1.29 is 5.11 Å². The quantitative estimate of drug-likeness (QED) is 0.685. The molecule has 1 aromatic heterocycles. The minimum Gasteiger partial charge on any atom is -0.385 e. The van der Waals surface area contributed by atoms with Crippen LogP contribution in [0.25, 0.3) is 0 Å². The monoisotopic (exact) mass is 163 g/mol. The molecule has 1 saturated carbocycles. The van der Waals surface area contributed by atoms with E-state index in [0.717, 1.165) is 31.2 Å². The SMILES string of the molecule is OC1(c2ccncc2)CCCC1. The Balaban J connectivity index is 2.29. The van der Waals surface area contributed by atoms with Crippen LogP contribution in [-0.2, 0) is 5.60 Å². The number of hydrogen-bond acceptors (Lipinski definition) is 2. The van der Waals surface area contributed by atoms with Crippen LogP contribution in [0.2, 0.25) is 0 Å². The van der Waals surface area contributed by atoms with Crippen LogP contribution in [0.4, 0.5) is 0 Å². The lowest BCUT2D eigenvalue weighted by molar-refractivity contribution is 0.0444. The molecule has 0 unspecified atom stereocenters. The fourth-order valence-corrected chi connectivity index (χ4v) is 1.91. The van der Waals surface area contributed by atoms with Crippen LogP contribution in [0.3, 0.4) is 0 Å². The molecule has 1 N–H and O–H groups in total. The van der Waals surface area contributed by atoms with Crippen LogP contribution in [-0.4, -0.2) is 10.1 Å². The lowest BCUT2D eigenvalue weighted by Crippen LogP contribution is -2.20. The van der Waals surface area contributed by atoms with E-state index in [9.17, 15) is 5.11 Å². The van der Waals surface area contributed by atoms with Gasteiger partial charge in [0.2, 0.25) is 0 Å². The highest BCUT2D eigenvalue weighted by Gasteiger charge is 2.32. The number of rotatable bonds is 1. The van der Waals surface area contributed by atoms with E-state index < -0.39 is 5.60 Å². The molecule has 64 valence electrons. The Hall–Kier alpha value is -0.890. The fourth-order valence-electron chi connectivity index (χ4n) is 1.91. The van der Waals surface area contributed by atoms with Crippen molar-refractivity contribution in [2.75, 3.05) is 0 Å². The van der Waals surface area contributed by atoms with Gasteiger partial charge < -0.3 is 5.11 Å². The molecule has 0 saturated heterocycles. The van der Waals surface area contributed by atoms with Gasteiger partial charge in [-0.05, 0) is 30.5 Å². The van der Waals surface area contributed by atoms with Crippen LogP contribution in [0, 0.1) is 0 Å². The fraction of sp³-hybridized carbons (Fsp3) is 0.500. The second kappa shape index (κ2) is 2.87. The van der Waals surface area contributed by atoms with E-state index in [1.54, 1.807) is 12.4 Å². The van der Waals surface area contributed by atoms with Gasteiger partial charge in [-0.25, -0.2) is 0 Å². The van der Waals surface area contributed by atoms with Gasteiger partial charge in [0, 0.05) is 12.4 Å². The highest BCUT2D eigenvalue weighted by molar-refractivity contribution is 5.19. The van der Waals surface area contributed by atoms with Crippen molar-refractivity contribution in [2.24, 2.45) is 0 Å². The van der Waals surface area contributed by atoms with Gasteiger partial charge in [-0.1, -0.05) is 12.8 Å². The zero-order valence-electron chi connectivity index (χ0n) is 7.03. The van der Waals surface area contributed by atoms with Crippen LogP contribution in [0.15, 0.2) is 24.5 Å². The summed E-state index contributed by atoms with van der Waals surface area (Å²) in [7, 11) is 0. The first-order valence-electron chi connectivity index (χ1n) is 4.44. The van der Waals surface area contributed by atoms with Crippen molar-refractivity contribution in [1.29, 1.82) is 0 Å². The molecule has 0 aliphatic heterocycles. The number of hydrogen-bond donors (Lipinski definition) is 1. The molecule has 1 fully saturated rings. The van der Waals surface area contributed by atoms with Gasteiger partial charge in [-0.15, -0.1) is 0 Å². The van der Waals surface area contributed by atoms with E-state index in [1.165, 1.54) is 0 Å². The highest BCUT2D eigenvalue weighted by atomic mass is 16.3. The molecule has 1 aliphatic carbocycles. The summed E-state index contributed by atoms with van der Waals surface area (Å²) in [5, 5.41) is 10.1. The third kappa shape index (κ3) is 1.23. The number of nitrogens with zero attached hydrogens (tertiary/aromatic N) is 1. The summed E-state index contributed by atoms with van der Waals surface area (Å²) < 4.78 is 0. The normalized spacial score (nSPS) is 21.1. The van der Waals surface area contributed by atoms with E-state index in [4.69, 9.17) is 0 Å². The van der Waals surface area contributed by atoms with Gasteiger partial charge in [0.15, 0.2) is 0 Å². The molecule has 0 bridgehead atoms. The average Bonchev–Trinajstić information content (AvgIpc) is 2.55. The molecule has 0 radical (unpaired) electrons. The summed E-state index contributed by atoms with van der Waals surface area (Å²) in [5.41, 5.74) is 0.471. The topological polar surface area (TPSA) is 33.1 Å². The number of pyridine rings is 1. The maximum Gasteiger partial charge on any atom is 0.0897 e. The van der Waals surface area contributed by atoms with E-state index in [0.29, 0.717) is 0 Å². The smallest absolute Gasteiger partial charge is 0.0897 e. The van der Waals surface area contributed by atoms with Crippen molar-refractivity contribution in [1.82, 2.24) is 4.98 Å². The maximum atomic E-state index is 10.1. The molecule has 2 rings (SSSR count). The van der Waals surface area contributed by atoms with Crippen LogP contribution < -0.4 is 0 Å². The van der Waals surface area contributed by atoms with Crippen molar-refractivity contribution in [3.8, 4) is 0 Å². The summed E-state index contributed by atoms with van der Waals surface area (Å²) in [6, 6.07) is 3.82. The molecule has 0 amide bonds. The molecule has 0 aromatic carbocycles. The molecule has 0 spiro atoms. The molecule has 12 heavy (non-hydrogen) atoms. The Labute approximate surface area is 72.3 Å². The Morgan fingerprint density at radius 3 is 2.33 bits per heavy atom. The minimum absolute atomic E-state index is 0.553. The summed E-state index contributed by atoms with van der Waals surface area (Å²) in [6.45, 7) is 0. The lowest BCUT2D eigenvalue weighted by Gasteiger charge is -2.21. The molecule has 0 atom stereocenters. The Morgan fingerprint density at radius 2 is 1.75 bits per heavy atom. The Kier molecular flexibility index (Phi) is 1.85. The molecule has 2 heteroatoms. The molecular formula is C10H13NO. The van der Waals surface area contributed by atoms with Gasteiger partial charge in [-0.2, -0.15) is 0 Å². The van der Waals surface area contributed by atoms with E-state index in [1.807, 2.05) is 12.1 Å². The van der Waals surface area contributed by atoms with Crippen molar-refractivity contribution >= 4 is 0 Å². The standard InChI is InChI=1S/C10H13NO/c12-10(5-1-2-6-10)9-3-7-11-8-4-9/h3-4,7-8,12H,1-2,5-6H2. The maximum absolute atomic E-state index is 10.1. The van der Waals surface area contributed by atoms with Crippen molar-refractivity contribution in [3.05, 3.63) is 30.1 Å². The third-order valence-corrected chi connectivity index (χ3v) is 2.65. The molecular weight excluding hydrogens is 150 g/mol. The minimum atomic E-state index is -0.553. The highest BCUT2D eigenvalue weighted by Crippen LogP contribution is 2.37.